The van der Waals surface area contributed by atoms with E-state index in [4.69, 9.17) is 10.5 Å². The summed E-state index contributed by atoms with van der Waals surface area (Å²) in [7, 11) is 0. The van der Waals surface area contributed by atoms with Crippen molar-refractivity contribution in [3.63, 3.8) is 0 Å². The average Bonchev–Trinajstić information content (AvgIpc) is 2.77. The van der Waals surface area contributed by atoms with E-state index in [0.29, 0.717) is 6.10 Å². The number of hydrogen-bond acceptors (Lipinski definition) is 3. The van der Waals surface area contributed by atoms with Crippen molar-refractivity contribution in [2.75, 3.05) is 19.7 Å². The van der Waals surface area contributed by atoms with Crippen LogP contribution < -0.4 is 11.1 Å². The van der Waals surface area contributed by atoms with Gasteiger partial charge in [-0.05, 0) is 38.6 Å². The van der Waals surface area contributed by atoms with Gasteiger partial charge in [0.1, 0.15) is 0 Å². The Morgan fingerprint density at radius 1 is 1.40 bits per heavy atom. The van der Waals surface area contributed by atoms with Crippen LogP contribution in [0.4, 0.5) is 0 Å². The summed E-state index contributed by atoms with van der Waals surface area (Å²) < 4.78 is 5.57. The molecule has 0 amide bonds. The first-order valence-corrected chi connectivity index (χ1v) is 6.31. The summed E-state index contributed by atoms with van der Waals surface area (Å²) in [5, 5.41) is 3.45. The number of nitrogens with two attached hydrogens (primary N) is 1. The van der Waals surface area contributed by atoms with Crippen molar-refractivity contribution in [2.45, 2.75) is 57.6 Å². The van der Waals surface area contributed by atoms with Gasteiger partial charge in [-0.25, -0.2) is 0 Å². The summed E-state index contributed by atoms with van der Waals surface area (Å²) in [5.41, 5.74) is 6.18. The Balaban J connectivity index is 2.04. The molecule has 1 atom stereocenters. The lowest BCUT2D eigenvalue weighted by Gasteiger charge is -2.27. The third kappa shape index (κ3) is 4.49. The van der Waals surface area contributed by atoms with Crippen molar-refractivity contribution >= 4 is 0 Å². The Hall–Kier alpha value is -0.120. The highest BCUT2D eigenvalue weighted by molar-refractivity contribution is 4.83. The summed E-state index contributed by atoms with van der Waals surface area (Å²) >= 11 is 0. The lowest BCUT2D eigenvalue weighted by Crippen LogP contribution is -2.48. The van der Waals surface area contributed by atoms with E-state index >= 15 is 0 Å². The van der Waals surface area contributed by atoms with Crippen LogP contribution in [0.2, 0.25) is 0 Å². The fourth-order valence-corrected chi connectivity index (χ4v) is 1.97. The van der Waals surface area contributed by atoms with Crippen LogP contribution in [0.25, 0.3) is 0 Å². The smallest absolute Gasteiger partial charge is 0.0588 e. The molecule has 0 aromatic carbocycles. The molecule has 3 heteroatoms. The second-order valence-corrected chi connectivity index (χ2v) is 4.67. The molecule has 1 saturated heterocycles. The Morgan fingerprint density at radius 2 is 2.13 bits per heavy atom. The highest BCUT2D eigenvalue weighted by Crippen LogP contribution is 2.14. The van der Waals surface area contributed by atoms with Crippen molar-refractivity contribution in [2.24, 2.45) is 5.73 Å². The van der Waals surface area contributed by atoms with E-state index in [1.165, 1.54) is 12.8 Å². The molecule has 0 aromatic heterocycles. The quantitative estimate of drug-likeness (QED) is 0.634. The van der Waals surface area contributed by atoms with Gasteiger partial charge < -0.3 is 15.8 Å². The predicted molar refractivity (Wildman–Crippen MR) is 64.0 cm³/mol. The molecule has 1 aliphatic heterocycles. The lowest BCUT2D eigenvalue weighted by atomic mass is 9.94. The molecule has 1 unspecified atom stereocenters. The zero-order valence-electron chi connectivity index (χ0n) is 10.2. The molecule has 1 fully saturated rings. The molecule has 1 rings (SSSR count). The van der Waals surface area contributed by atoms with Crippen LogP contribution in [0.15, 0.2) is 0 Å². The van der Waals surface area contributed by atoms with Gasteiger partial charge in [-0.1, -0.05) is 13.8 Å². The van der Waals surface area contributed by atoms with E-state index in [1.54, 1.807) is 0 Å². The number of rotatable bonds is 7. The molecule has 0 bridgehead atoms. The Bertz CT molecular complexity index is 163. The molecule has 0 aromatic rings. The Kier molecular flexibility index (Phi) is 5.58. The van der Waals surface area contributed by atoms with Gasteiger partial charge in [0.05, 0.1) is 6.10 Å². The highest BCUT2D eigenvalue weighted by atomic mass is 16.5. The predicted octanol–water partition coefficient (Wildman–Crippen LogP) is 1.66. The maximum Gasteiger partial charge on any atom is 0.0588 e. The molecule has 0 radical (unpaired) electrons. The van der Waals surface area contributed by atoms with Gasteiger partial charge in [-0.3, -0.25) is 0 Å². The molecule has 90 valence electrons. The SMILES string of the molecule is CCC(N)(CC)CNCCC1CCCO1. The first kappa shape index (κ1) is 12.9. The fraction of sp³-hybridized carbons (Fsp3) is 1.00. The minimum atomic E-state index is -0.0173. The Labute approximate surface area is 93.8 Å². The molecular formula is C12H26N2O. The van der Waals surface area contributed by atoms with Crippen LogP contribution in [-0.2, 0) is 4.74 Å². The van der Waals surface area contributed by atoms with Gasteiger partial charge in [0.15, 0.2) is 0 Å². The number of ether oxygens (including phenoxy) is 1. The molecule has 3 N–H and O–H groups in total. The largest absolute Gasteiger partial charge is 0.378 e. The summed E-state index contributed by atoms with van der Waals surface area (Å²) in [5.74, 6) is 0. The van der Waals surface area contributed by atoms with Crippen LogP contribution in [0.3, 0.4) is 0 Å². The van der Waals surface area contributed by atoms with Crippen molar-refractivity contribution in [1.29, 1.82) is 0 Å². The van der Waals surface area contributed by atoms with Gasteiger partial charge in [-0.2, -0.15) is 0 Å². The third-order valence-electron chi connectivity index (χ3n) is 3.55. The van der Waals surface area contributed by atoms with E-state index in [0.717, 1.165) is 39.0 Å². The van der Waals surface area contributed by atoms with Crippen LogP contribution in [0.5, 0.6) is 0 Å². The van der Waals surface area contributed by atoms with Gasteiger partial charge in [0.2, 0.25) is 0 Å². The number of hydrogen-bond donors (Lipinski definition) is 2. The van der Waals surface area contributed by atoms with Gasteiger partial charge in [0.25, 0.3) is 0 Å². The van der Waals surface area contributed by atoms with Gasteiger partial charge >= 0.3 is 0 Å². The number of nitrogens with one attached hydrogen (secondary N) is 1. The first-order chi connectivity index (χ1) is 7.20. The minimum absolute atomic E-state index is 0.0173. The molecule has 0 aliphatic carbocycles. The summed E-state index contributed by atoms with van der Waals surface area (Å²) in [6.45, 7) is 7.22. The topological polar surface area (TPSA) is 47.3 Å². The van der Waals surface area contributed by atoms with Crippen molar-refractivity contribution < 1.29 is 4.74 Å². The highest BCUT2D eigenvalue weighted by Gasteiger charge is 2.20. The summed E-state index contributed by atoms with van der Waals surface area (Å²) in [6.07, 6.45) is 6.16. The molecule has 15 heavy (non-hydrogen) atoms. The van der Waals surface area contributed by atoms with E-state index < -0.39 is 0 Å². The Morgan fingerprint density at radius 3 is 2.67 bits per heavy atom. The molecule has 0 spiro atoms. The lowest BCUT2D eigenvalue weighted by molar-refractivity contribution is 0.104. The van der Waals surface area contributed by atoms with Crippen LogP contribution in [0.1, 0.15) is 46.0 Å². The maximum absolute atomic E-state index is 6.20. The van der Waals surface area contributed by atoms with Crippen molar-refractivity contribution in [1.82, 2.24) is 5.32 Å². The van der Waals surface area contributed by atoms with Gasteiger partial charge in [0, 0.05) is 18.7 Å². The zero-order valence-corrected chi connectivity index (χ0v) is 10.2. The molecular weight excluding hydrogens is 188 g/mol. The monoisotopic (exact) mass is 214 g/mol. The maximum atomic E-state index is 6.20. The normalized spacial score (nSPS) is 22.2. The van der Waals surface area contributed by atoms with Crippen molar-refractivity contribution in [3.8, 4) is 0 Å². The summed E-state index contributed by atoms with van der Waals surface area (Å²) in [4.78, 5) is 0. The standard InChI is InChI=1S/C12H26N2O/c1-3-12(13,4-2)10-14-8-7-11-6-5-9-15-11/h11,14H,3-10,13H2,1-2H3. The van der Waals surface area contributed by atoms with Crippen LogP contribution in [-0.4, -0.2) is 31.3 Å². The summed E-state index contributed by atoms with van der Waals surface area (Å²) in [6, 6.07) is 0. The van der Waals surface area contributed by atoms with Gasteiger partial charge in [-0.15, -0.1) is 0 Å². The minimum Gasteiger partial charge on any atom is -0.378 e. The van der Waals surface area contributed by atoms with E-state index in [-0.39, 0.29) is 5.54 Å². The van der Waals surface area contributed by atoms with Crippen molar-refractivity contribution in [3.05, 3.63) is 0 Å². The molecule has 1 heterocycles. The van der Waals surface area contributed by atoms with E-state index in [2.05, 4.69) is 19.2 Å². The molecule has 0 saturated carbocycles. The van der Waals surface area contributed by atoms with E-state index in [1.807, 2.05) is 0 Å². The van der Waals surface area contributed by atoms with Crippen LogP contribution in [0, 0.1) is 0 Å². The third-order valence-corrected chi connectivity index (χ3v) is 3.55. The molecule has 3 nitrogen and oxygen atoms in total. The first-order valence-electron chi connectivity index (χ1n) is 6.31. The fourth-order valence-electron chi connectivity index (χ4n) is 1.97. The molecule has 1 aliphatic rings. The zero-order chi connectivity index (χ0) is 11.1. The van der Waals surface area contributed by atoms with Crippen LogP contribution >= 0.6 is 0 Å². The second-order valence-electron chi connectivity index (χ2n) is 4.67. The second kappa shape index (κ2) is 6.46. The average molecular weight is 214 g/mol. The van der Waals surface area contributed by atoms with E-state index in [9.17, 15) is 0 Å².